The summed E-state index contributed by atoms with van der Waals surface area (Å²) in [5.74, 6) is 0.844. The molecule has 0 atom stereocenters. The van der Waals surface area contributed by atoms with Gasteiger partial charge < -0.3 is 4.43 Å². The van der Waals surface area contributed by atoms with Crippen molar-refractivity contribution < 1.29 is 5.85 Å². The predicted molar refractivity (Wildman–Crippen MR) is 81.9 cm³/mol. The molecule has 0 N–H and O–H groups in total. The molecule has 1 aromatic heterocycles. The molecule has 0 saturated carbocycles. The number of aryl methyl sites for hydroxylation is 1. The molecule has 0 aliphatic rings. The fourth-order valence-corrected chi connectivity index (χ4v) is 2.23. The first-order chi connectivity index (χ1) is 9.15. The van der Waals surface area contributed by atoms with Crippen molar-refractivity contribution in [2.24, 2.45) is 4.99 Å². The van der Waals surface area contributed by atoms with E-state index in [0.29, 0.717) is 0 Å². The molecular weight excluding hydrogens is 252 g/mol. The lowest BCUT2D eigenvalue weighted by atomic mass is 10.2. The molecule has 1 radical (unpaired) electrons. The van der Waals surface area contributed by atoms with Crippen molar-refractivity contribution in [2.75, 3.05) is 0 Å². The van der Waals surface area contributed by atoms with E-state index >= 15 is 0 Å². The minimum Gasteiger partial charge on any atom is -0.541 e. The van der Waals surface area contributed by atoms with Gasteiger partial charge in [0.15, 0.2) is 0 Å². The highest BCUT2D eigenvalue weighted by molar-refractivity contribution is 6.49. The van der Waals surface area contributed by atoms with Crippen LogP contribution in [-0.2, 0) is 0 Å². The Labute approximate surface area is 117 Å². The van der Waals surface area contributed by atoms with Gasteiger partial charge in [-0.2, -0.15) is 0 Å². The van der Waals surface area contributed by atoms with Crippen molar-refractivity contribution in [1.29, 1.82) is 0 Å². The first kappa shape index (κ1) is 13.5. The van der Waals surface area contributed by atoms with Crippen molar-refractivity contribution in [2.45, 2.75) is 20.0 Å². The lowest BCUT2D eigenvalue weighted by Gasteiger charge is -2.11. The zero-order chi connectivity index (χ0) is 13.7. The van der Waals surface area contributed by atoms with Gasteiger partial charge in [0.2, 0.25) is 0 Å². The van der Waals surface area contributed by atoms with E-state index in [4.69, 9.17) is 4.43 Å². The maximum atomic E-state index is 5.86. The molecule has 19 heavy (non-hydrogen) atoms. The second-order valence-corrected chi connectivity index (χ2v) is 6.51. The molecule has 1 heterocycles. The molecule has 97 valence electrons. The molecular formula is C15H18N2OSi+. The van der Waals surface area contributed by atoms with Gasteiger partial charge in [0.1, 0.15) is 11.4 Å². The van der Waals surface area contributed by atoms with E-state index in [1.165, 1.54) is 5.56 Å². The molecule has 0 fully saturated rings. The van der Waals surface area contributed by atoms with Crippen molar-refractivity contribution in [1.82, 2.24) is 4.98 Å². The molecule has 0 unspecified atom stereocenters. The third-order valence-corrected chi connectivity index (χ3v) is 3.08. The summed E-state index contributed by atoms with van der Waals surface area (Å²) in [6.45, 7) is 6.26. The number of rotatable bonds is 4. The molecule has 0 aliphatic carbocycles. The largest absolute Gasteiger partial charge is 1.00 e. The van der Waals surface area contributed by atoms with Crippen LogP contribution >= 0.6 is 0 Å². The van der Waals surface area contributed by atoms with Crippen LogP contribution in [0.5, 0.6) is 5.75 Å². The number of hydrogen-bond donors (Lipinski definition) is 0. The first-order valence-electron chi connectivity index (χ1n) is 6.19. The van der Waals surface area contributed by atoms with Crippen LogP contribution in [0.4, 0.5) is 5.69 Å². The van der Waals surface area contributed by atoms with E-state index in [2.05, 4.69) is 23.1 Å². The lowest BCUT2D eigenvalue weighted by molar-refractivity contribution is 0.582. The van der Waals surface area contributed by atoms with Crippen LogP contribution in [0.15, 0.2) is 47.6 Å². The molecule has 0 bridgehead atoms. The van der Waals surface area contributed by atoms with Crippen molar-refractivity contribution in [3.8, 4) is 5.75 Å². The third-order valence-electron chi connectivity index (χ3n) is 2.45. The number of nitrogens with zero attached hydrogens (tertiary/aromatic N) is 2. The number of pyridine rings is 1. The maximum Gasteiger partial charge on any atom is 1.00 e. The molecule has 2 aromatic rings. The average Bonchev–Trinajstić information content (AvgIpc) is 2.40. The topological polar surface area (TPSA) is 34.5 Å². The monoisotopic (exact) mass is 270 g/mol. The molecule has 0 spiro atoms. The molecule has 0 saturated heterocycles. The average molecular weight is 270 g/mol. The maximum absolute atomic E-state index is 5.86. The zero-order valence-electron chi connectivity index (χ0n) is 12.4. The number of aliphatic imine (C=N–C) groups is 1. The minimum absolute atomic E-state index is 0. The Morgan fingerprint density at radius 3 is 2.79 bits per heavy atom. The summed E-state index contributed by atoms with van der Waals surface area (Å²) < 4.78 is 5.86. The standard InChI is InChI=1S/C15H17N2OSi/c1-12-7-8-15(18-19(2)3)14(10-12)17-11-13-6-4-5-9-16-13/h4-11H,1-3H3/p+1. The van der Waals surface area contributed by atoms with E-state index in [9.17, 15) is 0 Å². The third kappa shape index (κ3) is 4.03. The SMILES string of the molecule is Cc1ccc(O[Si](C)C)c(N=Cc2ccccn2)c1.[H+]. The fourth-order valence-electron chi connectivity index (χ4n) is 1.62. The first-order valence-corrected chi connectivity index (χ1v) is 8.60. The van der Waals surface area contributed by atoms with Gasteiger partial charge in [-0.15, -0.1) is 0 Å². The smallest absolute Gasteiger partial charge is 0.541 e. The highest BCUT2D eigenvalue weighted by Gasteiger charge is 2.06. The Hall–Kier alpha value is -1.94. The summed E-state index contributed by atoms with van der Waals surface area (Å²) in [6, 6.07) is 11.8. The van der Waals surface area contributed by atoms with Crippen LogP contribution in [0, 0.1) is 6.92 Å². The van der Waals surface area contributed by atoms with Crippen LogP contribution in [-0.4, -0.2) is 20.2 Å². The Bertz CT molecular complexity index is 573. The number of benzene rings is 1. The van der Waals surface area contributed by atoms with Crippen LogP contribution in [0.3, 0.4) is 0 Å². The van der Waals surface area contributed by atoms with Crippen LogP contribution in [0.2, 0.25) is 13.1 Å². The molecule has 3 nitrogen and oxygen atoms in total. The summed E-state index contributed by atoms with van der Waals surface area (Å²) >= 11 is 0. The molecule has 1 aromatic carbocycles. The van der Waals surface area contributed by atoms with Crippen molar-refractivity contribution in [3.05, 3.63) is 53.9 Å². The van der Waals surface area contributed by atoms with E-state index < -0.39 is 9.04 Å². The summed E-state index contributed by atoms with van der Waals surface area (Å²) in [7, 11) is -0.793. The minimum atomic E-state index is -0.793. The molecule has 0 amide bonds. The summed E-state index contributed by atoms with van der Waals surface area (Å²) in [5.41, 5.74) is 2.87. The Balaban J connectivity index is 0.00000200. The predicted octanol–water partition coefficient (Wildman–Crippen LogP) is 3.88. The Kier molecular flexibility index (Phi) is 4.47. The molecule has 0 aliphatic heterocycles. The number of aromatic nitrogens is 1. The fraction of sp³-hybridized carbons (Fsp3) is 0.200. The van der Waals surface area contributed by atoms with Crippen LogP contribution in [0.1, 0.15) is 12.7 Å². The van der Waals surface area contributed by atoms with Crippen molar-refractivity contribution >= 4 is 20.9 Å². The van der Waals surface area contributed by atoms with Gasteiger partial charge in [0.25, 0.3) is 9.04 Å². The van der Waals surface area contributed by atoms with Crippen LogP contribution in [0.25, 0.3) is 0 Å². The summed E-state index contributed by atoms with van der Waals surface area (Å²) in [6.07, 6.45) is 3.52. The van der Waals surface area contributed by atoms with E-state index in [1.807, 2.05) is 43.3 Å². The number of hydrogen-bond acceptors (Lipinski definition) is 3. The van der Waals surface area contributed by atoms with Gasteiger partial charge >= 0.3 is 1.43 Å². The van der Waals surface area contributed by atoms with Gasteiger partial charge in [-0.25, -0.2) is 0 Å². The summed E-state index contributed by atoms with van der Waals surface area (Å²) in [4.78, 5) is 8.72. The van der Waals surface area contributed by atoms with Gasteiger partial charge in [-0.05, 0) is 49.8 Å². The molecule has 4 heteroatoms. The van der Waals surface area contributed by atoms with E-state index in [-0.39, 0.29) is 1.43 Å². The van der Waals surface area contributed by atoms with Gasteiger partial charge in [0, 0.05) is 6.20 Å². The van der Waals surface area contributed by atoms with Crippen molar-refractivity contribution in [3.63, 3.8) is 0 Å². The van der Waals surface area contributed by atoms with Gasteiger partial charge in [-0.1, -0.05) is 12.1 Å². The van der Waals surface area contributed by atoms with Gasteiger partial charge in [-0.3, -0.25) is 9.98 Å². The second-order valence-electron chi connectivity index (χ2n) is 4.49. The highest BCUT2D eigenvalue weighted by atomic mass is 28.3. The van der Waals surface area contributed by atoms with E-state index in [1.54, 1.807) is 12.4 Å². The lowest BCUT2D eigenvalue weighted by Crippen LogP contribution is -2.11. The Morgan fingerprint density at radius 2 is 2.11 bits per heavy atom. The van der Waals surface area contributed by atoms with Gasteiger partial charge in [0.05, 0.1) is 11.9 Å². The van der Waals surface area contributed by atoms with Crippen LogP contribution < -0.4 is 4.43 Å². The van der Waals surface area contributed by atoms with E-state index in [0.717, 1.165) is 17.1 Å². The summed E-state index contributed by atoms with van der Waals surface area (Å²) in [5, 5.41) is 0. The normalized spacial score (nSPS) is 11.2. The highest BCUT2D eigenvalue weighted by Crippen LogP contribution is 2.28. The quantitative estimate of drug-likeness (QED) is 0.624. The Morgan fingerprint density at radius 1 is 1.26 bits per heavy atom. The second kappa shape index (κ2) is 6.29. The zero-order valence-corrected chi connectivity index (χ0v) is 12.4. The molecule has 2 rings (SSSR count).